The number of hydrogen-bond acceptors (Lipinski definition) is 7. The average Bonchev–Trinajstić information content (AvgIpc) is 3.25. The highest BCUT2D eigenvalue weighted by molar-refractivity contribution is 7.13. The minimum Gasteiger partial charge on any atom is -0.497 e. The normalized spacial score (nSPS) is 10.7. The summed E-state index contributed by atoms with van der Waals surface area (Å²) in [5.41, 5.74) is 2.66. The van der Waals surface area contributed by atoms with Gasteiger partial charge in [-0.15, -0.1) is 11.3 Å². The number of ether oxygens (including phenoxy) is 4. The molecule has 1 aromatic heterocycles. The van der Waals surface area contributed by atoms with Gasteiger partial charge in [0.15, 0.2) is 11.5 Å². The molecule has 6 nitrogen and oxygen atoms in total. The lowest BCUT2D eigenvalue weighted by atomic mass is 10.2. The summed E-state index contributed by atoms with van der Waals surface area (Å²) >= 11 is 1.56. The summed E-state index contributed by atoms with van der Waals surface area (Å²) in [5, 5.41) is 2.89. The first-order valence-electron chi connectivity index (χ1n) is 8.78. The van der Waals surface area contributed by atoms with Crippen molar-refractivity contribution in [1.29, 1.82) is 0 Å². The van der Waals surface area contributed by atoms with Gasteiger partial charge in [0.25, 0.3) is 0 Å². The SMILES string of the molecule is COC(=O)/C=C/c1ccc(OCc2csc(-c3ccc(OC)cc3)n2)c(OC)c1. The molecule has 0 aliphatic rings. The topological polar surface area (TPSA) is 66.9 Å². The highest BCUT2D eigenvalue weighted by Crippen LogP contribution is 2.30. The van der Waals surface area contributed by atoms with Crippen molar-refractivity contribution in [3.8, 4) is 27.8 Å². The number of thiazole rings is 1. The van der Waals surface area contributed by atoms with Crippen LogP contribution in [0.5, 0.6) is 17.2 Å². The van der Waals surface area contributed by atoms with Crippen molar-refractivity contribution in [3.63, 3.8) is 0 Å². The second-order valence-electron chi connectivity index (χ2n) is 5.93. The van der Waals surface area contributed by atoms with Crippen molar-refractivity contribution in [3.05, 3.63) is 65.2 Å². The molecular weight excluding hydrogens is 390 g/mol. The second-order valence-corrected chi connectivity index (χ2v) is 6.79. The third kappa shape index (κ3) is 5.36. The minimum absolute atomic E-state index is 0.320. The summed E-state index contributed by atoms with van der Waals surface area (Å²) in [4.78, 5) is 15.9. The number of nitrogens with zero attached hydrogens (tertiary/aromatic N) is 1. The molecule has 7 heteroatoms. The summed E-state index contributed by atoms with van der Waals surface area (Å²) in [6.45, 7) is 0.320. The van der Waals surface area contributed by atoms with Gasteiger partial charge in [0.1, 0.15) is 17.4 Å². The van der Waals surface area contributed by atoms with E-state index in [1.165, 1.54) is 13.2 Å². The Morgan fingerprint density at radius 3 is 2.52 bits per heavy atom. The van der Waals surface area contributed by atoms with Crippen LogP contribution in [0.25, 0.3) is 16.6 Å². The quantitative estimate of drug-likeness (QED) is 0.399. The number of aromatic nitrogens is 1. The molecule has 0 N–H and O–H groups in total. The lowest BCUT2D eigenvalue weighted by Gasteiger charge is -2.10. The zero-order valence-corrected chi connectivity index (χ0v) is 17.2. The van der Waals surface area contributed by atoms with Crippen molar-refractivity contribution in [2.45, 2.75) is 6.61 Å². The number of benzene rings is 2. The van der Waals surface area contributed by atoms with E-state index in [-0.39, 0.29) is 0 Å². The lowest BCUT2D eigenvalue weighted by molar-refractivity contribution is -0.134. The summed E-state index contributed by atoms with van der Waals surface area (Å²) in [7, 11) is 4.55. The summed E-state index contributed by atoms with van der Waals surface area (Å²) in [6, 6.07) is 13.2. The molecule has 0 bridgehead atoms. The number of esters is 1. The molecule has 0 atom stereocenters. The Balaban J connectivity index is 1.67. The van der Waals surface area contributed by atoms with Crippen LogP contribution in [-0.2, 0) is 16.1 Å². The van der Waals surface area contributed by atoms with Crippen LogP contribution in [0.15, 0.2) is 53.9 Å². The summed E-state index contributed by atoms with van der Waals surface area (Å²) in [6.07, 6.45) is 3.00. The predicted octanol–water partition coefficient (Wildman–Crippen LogP) is 4.59. The van der Waals surface area contributed by atoms with E-state index in [0.29, 0.717) is 18.1 Å². The second kappa shape index (κ2) is 9.75. The third-order valence-electron chi connectivity index (χ3n) is 4.07. The predicted molar refractivity (Wildman–Crippen MR) is 112 cm³/mol. The van der Waals surface area contributed by atoms with Crippen LogP contribution in [0.3, 0.4) is 0 Å². The first-order valence-corrected chi connectivity index (χ1v) is 9.66. The van der Waals surface area contributed by atoms with Crippen LogP contribution in [0, 0.1) is 0 Å². The highest BCUT2D eigenvalue weighted by atomic mass is 32.1. The van der Waals surface area contributed by atoms with E-state index in [9.17, 15) is 4.79 Å². The molecule has 1 heterocycles. The van der Waals surface area contributed by atoms with Crippen molar-refractivity contribution in [2.75, 3.05) is 21.3 Å². The van der Waals surface area contributed by atoms with Crippen molar-refractivity contribution in [1.82, 2.24) is 4.98 Å². The fourth-order valence-electron chi connectivity index (χ4n) is 2.53. The van der Waals surface area contributed by atoms with Gasteiger partial charge in [-0.3, -0.25) is 0 Å². The zero-order valence-electron chi connectivity index (χ0n) is 16.4. The number of methoxy groups -OCH3 is 3. The van der Waals surface area contributed by atoms with E-state index in [4.69, 9.17) is 14.2 Å². The van der Waals surface area contributed by atoms with Gasteiger partial charge in [-0.25, -0.2) is 9.78 Å². The molecule has 0 saturated heterocycles. The summed E-state index contributed by atoms with van der Waals surface area (Å²) in [5.74, 6) is 1.57. The molecular formula is C22H21NO5S. The summed E-state index contributed by atoms with van der Waals surface area (Å²) < 4.78 is 21.1. The maximum atomic E-state index is 11.2. The minimum atomic E-state index is -0.416. The van der Waals surface area contributed by atoms with Crippen molar-refractivity contribution >= 4 is 23.4 Å². The molecule has 0 saturated carbocycles. The van der Waals surface area contributed by atoms with Crippen LogP contribution in [0.4, 0.5) is 0 Å². The van der Waals surface area contributed by atoms with Gasteiger partial charge < -0.3 is 18.9 Å². The standard InChI is InChI=1S/C22H21NO5S/c1-25-18-8-6-16(7-9-18)22-23-17(14-29-22)13-28-19-10-4-15(12-20(19)26-2)5-11-21(24)27-3/h4-12,14H,13H2,1-3H3/b11-5+. The molecule has 3 rings (SSSR count). The lowest BCUT2D eigenvalue weighted by Crippen LogP contribution is -1.98. The Kier molecular flexibility index (Phi) is 6.86. The monoisotopic (exact) mass is 411 g/mol. The number of rotatable bonds is 8. The molecule has 150 valence electrons. The average molecular weight is 411 g/mol. The van der Waals surface area contributed by atoms with Crippen molar-refractivity contribution < 1.29 is 23.7 Å². The Hall–Kier alpha value is -3.32. The fourth-order valence-corrected chi connectivity index (χ4v) is 3.34. The molecule has 2 aromatic carbocycles. The molecule has 0 aliphatic heterocycles. The van der Waals surface area contributed by atoms with Gasteiger partial charge in [-0.05, 0) is 48.0 Å². The molecule has 0 fully saturated rings. The molecule has 0 spiro atoms. The maximum Gasteiger partial charge on any atom is 0.330 e. The third-order valence-corrected chi connectivity index (χ3v) is 5.01. The Morgan fingerprint density at radius 1 is 1.03 bits per heavy atom. The molecule has 0 radical (unpaired) electrons. The van der Waals surface area contributed by atoms with Gasteiger partial charge in [-0.2, -0.15) is 0 Å². The van der Waals surface area contributed by atoms with Crippen molar-refractivity contribution in [2.24, 2.45) is 0 Å². The van der Waals surface area contributed by atoms with E-state index in [1.807, 2.05) is 35.7 Å². The molecule has 0 amide bonds. The smallest absolute Gasteiger partial charge is 0.330 e. The van der Waals surface area contributed by atoms with Crippen LogP contribution in [-0.4, -0.2) is 32.3 Å². The first-order chi connectivity index (χ1) is 14.1. The largest absolute Gasteiger partial charge is 0.497 e. The molecule has 0 aliphatic carbocycles. The van der Waals surface area contributed by atoms with E-state index in [2.05, 4.69) is 9.72 Å². The fraction of sp³-hybridized carbons (Fsp3) is 0.182. The Bertz CT molecular complexity index is 995. The van der Waals surface area contributed by atoms with E-state index in [0.717, 1.165) is 27.6 Å². The highest BCUT2D eigenvalue weighted by Gasteiger charge is 2.09. The van der Waals surface area contributed by atoms with Gasteiger partial charge in [0.05, 0.1) is 27.0 Å². The first kappa shape index (κ1) is 20.4. The van der Waals surface area contributed by atoms with E-state index >= 15 is 0 Å². The van der Waals surface area contributed by atoms with E-state index in [1.54, 1.807) is 43.8 Å². The van der Waals surface area contributed by atoms with Gasteiger partial charge >= 0.3 is 5.97 Å². The Labute approximate surface area is 173 Å². The van der Waals surface area contributed by atoms with Crippen LogP contribution in [0.1, 0.15) is 11.3 Å². The Morgan fingerprint density at radius 2 is 1.83 bits per heavy atom. The van der Waals surface area contributed by atoms with E-state index < -0.39 is 5.97 Å². The molecule has 29 heavy (non-hydrogen) atoms. The maximum absolute atomic E-state index is 11.2. The number of hydrogen-bond donors (Lipinski definition) is 0. The zero-order chi connectivity index (χ0) is 20.6. The van der Waals surface area contributed by atoms with Gasteiger partial charge in [0, 0.05) is 17.0 Å². The van der Waals surface area contributed by atoms with Gasteiger partial charge in [-0.1, -0.05) is 6.07 Å². The molecule has 0 unspecified atom stereocenters. The van der Waals surface area contributed by atoms with Gasteiger partial charge in [0.2, 0.25) is 0 Å². The van der Waals surface area contributed by atoms with Crippen LogP contribution in [0.2, 0.25) is 0 Å². The van der Waals surface area contributed by atoms with Crippen LogP contribution < -0.4 is 14.2 Å². The van der Waals surface area contributed by atoms with Crippen LogP contribution >= 0.6 is 11.3 Å². The number of carbonyl (C=O) groups is 1. The molecule has 3 aromatic rings. The number of carbonyl (C=O) groups excluding carboxylic acids is 1.